The van der Waals surface area contributed by atoms with Crippen LogP contribution in [0.2, 0.25) is 0 Å². The van der Waals surface area contributed by atoms with Crippen molar-refractivity contribution < 1.29 is 17.9 Å². The normalized spacial score (nSPS) is 26.7. The first-order chi connectivity index (χ1) is 11.8. The van der Waals surface area contributed by atoms with E-state index in [0.29, 0.717) is 19.7 Å². The standard InChI is InChI=1S/C16H18F3N5O/c1-23-8-12(7-21-23)11-6-15(25-9-11)3-5-24(10-15)14-20-4-2-13(22-14)16(17,18)19/h2,4,7-8,11H,3,5-6,9-10H2,1H3. The highest BCUT2D eigenvalue weighted by molar-refractivity contribution is 5.35. The van der Waals surface area contributed by atoms with E-state index in [2.05, 4.69) is 15.1 Å². The van der Waals surface area contributed by atoms with Crippen LogP contribution in [0.1, 0.15) is 30.0 Å². The van der Waals surface area contributed by atoms with Gasteiger partial charge in [0.25, 0.3) is 0 Å². The van der Waals surface area contributed by atoms with Gasteiger partial charge in [-0.2, -0.15) is 18.3 Å². The van der Waals surface area contributed by atoms with Gasteiger partial charge in [0.1, 0.15) is 5.69 Å². The molecule has 2 atom stereocenters. The number of aryl methyl sites for hydroxylation is 1. The minimum atomic E-state index is -4.47. The molecule has 0 N–H and O–H groups in total. The fourth-order valence-electron chi connectivity index (χ4n) is 3.67. The van der Waals surface area contributed by atoms with Gasteiger partial charge in [-0.1, -0.05) is 0 Å². The summed E-state index contributed by atoms with van der Waals surface area (Å²) in [6.07, 6.45) is 2.09. The van der Waals surface area contributed by atoms with Crippen LogP contribution in [0.5, 0.6) is 0 Å². The van der Waals surface area contributed by atoms with E-state index in [-0.39, 0.29) is 17.5 Å². The minimum Gasteiger partial charge on any atom is -0.372 e. The Morgan fingerprint density at radius 2 is 2.20 bits per heavy atom. The number of nitrogens with zero attached hydrogens (tertiary/aromatic N) is 5. The molecule has 0 saturated carbocycles. The summed E-state index contributed by atoms with van der Waals surface area (Å²) in [6, 6.07) is 0.889. The summed E-state index contributed by atoms with van der Waals surface area (Å²) < 4.78 is 46.4. The van der Waals surface area contributed by atoms with Gasteiger partial charge in [-0.3, -0.25) is 4.68 Å². The molecule has 9 heteroatoms. The second-order valence-electron chi connectivity index (χ2n) is 6.75. The van der Waals surface area contributed by atoms with Crippen LogP contribution >= 0.6 is 0 Å². The fourth-order valence-corrected chi connectivity index (χ4v) is 3.67. The lowest BCUT2D eigenvalue weighted by atomic mass is 9.90. The van der Waals surface area contributed by atoms with Gasteiger partial charge in [-0.15, -0.1) is 0 Å². The Bertz CT molecular complexity index is 777. The second kappa shape index (κ2) is 5.69. The van der Waals surface area contributed by atoms with E-state index in [0.717, 1.165) is 30.7 Å². The Balaban J connectivity index is 1.48. The molecule has 134 valence electrons. The highest BCUT2D eigenvalue weighted by Gasteiger charge is 2.47. The lowest BCUT2D eigenvalue weighted by Gasteiger charge is -2.23. The van der Waals surface area contributed by atoms with Crippen molar-refractivity contribution in [3.05, 3.63) is 35.9 Å². The average molecular weight is 353 g/mol. The van der Waals surface area contributed by atoms with Gasteiger partial charge in [-0.25, -0.2) is 9.97 Å². The van der Waals surface area contributed by atoms with Crippen molar-refractivity contribution in [2.24, 2.45) is 7.05 Å². The molecule has 2 aromatic rings. The third kappa shape index (κ3) is 3.08. The van der Waals surface area contributed by atoms with Gasteiger partial charge < -0.3 is 9.64 Å². The Morgan fingerprint density at radius 1 is 1.36 bits per heavy atom. The molecule has 2 unspecified atom stereocenters. The number of hydrogen-bond acceptors (Lipinski definition) is 5. The zero-order valence-electron chi connectivity index (χ0n) is 13.7. The zero-order valence-corrected chi connectivity index (χ0v) is 13.7. The van der Waals surface area contributed by atoms with Crippen LogP contribution in [0.3, 0.4) is 0 Å². The summed E-state index contributed by atoms with van der Waals surface area (Å²) in [6.45, 7) is 1.69. The van der Waals surface area contributed by atoms with Gasteiger partial charge in [0, 0.05) is 38.4 Å². The highest BCUT2D eigenvalue weighted by atomic mass is 19.4. The third-order valence-corrected chi connectivity index (χ3v) is 4.94. The van der Waals surface area contributed by atoms with Crippen LogP contribution in [-0.2, 0) is 18.0 Å². The Kier molecular flexibility index (Phi) is 3.71. The monoisotopic (exact) mass is 353 g/mol. The fraction of sp³-hybridized carbons (Fsp3) is 0.562. The molecular weight excluding hydrogens is 335 g/mol. The number of halogens is 3. The Labute approximate surface area is 142 Å². The van der Waals surface area contributed by atoms with Crippen molar-refractivity contribution in [1.82, 2.24) is 19.7 Å². The first-order valence-corrected chi connectivity index (χ1v) is 8.12. The van der Waals surface area contributed by atoms with E-state index in [4.69, 9.17) is 4.74 Å². The smallest absolute Gasteiger partial charge is 0.372 e. The third-order valence-electron chi connectivity index (χ3n) is 4.94. The molecule has 0 radical (unpaired) electrons. The highest BCUT2D eigenvalue weighted by Crippen LogP contribution is 2.42. The number of aromatic nitrogens is 4. The Morgan fingerprint density at radius 3 is 2.92 bits per heavy atom. The lowest BCUT2D eigenvalue weighted by Crippen LogP contribution is -2.33. The number of alkyl halides is 3. The van der Waals surface area contributed by atoms with E-state index >= 15 is 0 Å². The molecular formula is C16H18F3N5O. The summed E-state index contributed by atoms with van der Waals surface area (Å²) in [7, 11) is 1.87. The predicted octanol–water partition coefficient (Wildman–Crippen LogP) is 2.38. The van der Waals surface area contributed by atoms with Crippen LogP contribution < -0.4 is 4.90 Å². The molecule has 4 heterocycles. The van der Waals surface area contributed by atoms with Crippen molar-refractivity contribution >= 4 is 5.95 Å². The number of hydrogen-bond donors (Lipinski definition) is 0. The van der Waals surface area contributed by atoms with E-state index in [1.54, 1.807) is 9.58 Å². The molecule has 2 saturated heterocycles. The molecule has 0 aliphatic carbocycles. The summed E-state index contributed by atoms with van der Waals surface area (Å²) >= 11 is 0. The van der Waals surface area contributed by atoms with Crippen molar-refractivity contribution in [3.63, 3.8) is 0 Å². The SMILES string of the molecule is Cn1cc(C2COC3(CCN(c4nccc(C(F)(F)F)n4)C3)C2)cn1. The van der Waals surface area contributed by atoms with Gasteiger partial charge in [0.05, 0.1) is 18.4 Å². The van der Waals surface area contributed by atoms with Gasteiger partial charge in [0.2, 0.25) is 5.95 Å². The van der Waals surface area contributed by atoms with Crippen molar-refractivity contribution in [3.8, 4) is 0 Å². The first-order valence-electron chi connectivity index (χ1n) is 8.12. The average Bonchev–Trinajstić information content (AvgIpc) is 3.28. The Hall–Kier alpha value is -2.16. The van der Waals surface area contributed by atoms with Gasteiger partial charge >= 0.3 is 6.18 Å². The number of ether oxygens (including phenoxy) is 1. The largest absolute Gasteiger partial charge is 0.433 e. The first kappa shape index (κ1) is 16.3. The number of anilines is 1. The zero-order chi connectivity index (χ0) is 17.7. The summed E-state index contributed by atoms with van der Waals surface area (Å²) in [4.78, 5) is 9.48. The van der Waals surface area contributed by atoms with Gasteiger partial charge in [0.15, 0.2) is 0 Å². The maximum Gasteiger partial charge on any atom is 0.433 e. The lowest BCUT2D eigenvalue weighted by molar-refractivity contribution is -0.141. The molecule has 1 spiro atoms. The maximum atomic E-state index is 12.8. The molecule has 0 aromatic carbocycles. The topological polar surface area (TPSA) is 56.1 Å². The van der Waals surface area contributed by atoms with E-state index in [9.17, 15) is 13.2 Å². The van der Waals surface area contributed by atoms with Crippen molar-refractivity contribution in [2.45, 2.75) is 30.5 Å². The van der Waals surface area contributed by atoms with Crippen LogP contribution in [0.4, 0.5) is 19.1 Å². The molecule has 4 rings (SSSR count). The molecule has 0 bridgehead atoms. The summed E-state index contributed by atoms with van der Waals surface area (Å²) in [5.74, 6) is 0.371. The van der Waals surface area contributed by atoms with Crippen LogP contribution in [0.15, 0.2) is 24.7 Å². The molecule has 2 aliphatic rings. The molecule has 2 fully saturated rings. The quantitative estimate of drug-likeness (QED) is 0.830. The second-order valence-corrected chi connectivity index (χ2v) is 6.75. The minimum absolute atomic E-state index is 0.111. The summed E-state index contributed by atoms with van der Waals surface area (Å²) in [5, 5.41) is 4.20. The van der Waals surface area contributed by atoms with Crippen LogP contribution in [-0.4, -0.2) is 45.0 Å². The summed E-state index contributed by atoms with van der Waals surface area (Å²) in [5.41, 5.74) is -0.134. The maximum absolute atomic E-state index is 12.8. The predicted molar refractivity (Wildman–Crippen MR) is 83.1 cm³/mol. The van der Waals surface area contributed by atoms with Crippen molar-refractivity contribution in [1.29, 1.82) is 0 Å². The van der Waals surface area contributed by atoms with Crippen LogP contribution in [0, 0.1) is 0 Å². The van der Waals surface area contributed by atoms with E-state index < -0.39 is 11.9 Å². The molecule has 2 aromatic heterocycles. The molecule has 2 aliphatic heterocycles. The van der Waals surface area contributed by atoms with Crippen LogP contribution in [0.25, 0.3) is 0 Å². The molecule has 0 amide bonds. The van der Waals surface area contributed by atoms with Crippen molar-refractivity contribution in [2.75, 3.05) is 24.6 Å². The van der Waals surface area contributed by atoms with E-state index in [1.165, 1.54) is 0 Å². The molecule has 6 nitrogen and oxygen atoms in total. The van der Waals surface area contributed by atoms with Gasteiger partial charge in [-0.05, 0) is 24.5 Å². The number of rotatable bonds is 2. The molecule has 25 heavy (non-hydrogen) atoms. The van der Waals surface area contributed by atoms with E-state index in [1.807, 2.05) is 19.4 Å².